The molecule has 178 valence electrons. The molecule has 11 heteroatoms. The van der Waals surface area contributed by atoms with Gasteiger partial charge in [-0.3, -0.25) is 4.79 Å². The van der Waals surface area contributed by atoms with E-state index >= 15 is 0 Å². The van der Waals surface area contributed by atoms with Gasteiger partial charge in [-0.2, -0.15) is 13.2 Å². The molecule has 7 nitrogen and oxygen atoms in total. The first-order valence-corrected chi connectivity index (χ1v) is 10.9. The fraction of sp³-hybridized carbons (Fsp3) is 0.261. The number of esters is 2. The molecule has 0 aliphatic rings. The van der Waals surface area contributed by atoms with Gasteiger partial charge in [0.15, 0.2) is 0 Å². The molecule has 0 spiro atoms. The Morgan fingerprint density at radius 3 is 2.50 bits per heavy atom. The van der Waals surface area contributed by atoms with Gasteiger partial charge in [-0.15, -0.1) is 11.3 Å². The minimum atomic E-state index is -5.20. The predicted molar refractivity (Wildman–Crippen MR) is 116 cm³/mol. The summed E-state index contributed by atoms with van der Waals surface area (Å²) in [5, 5.41) is 10.3. The second-order valence-electron chi connectivity index (χ2n) is 7.31. The fourth-order valence-electron chi connectivity index (χ4n) is 3.36. The first-order chi connectivity index (χ1) is 16.1. The van der Waals surface area contributed by atoms with Crippen molar-refractivity contribution in [2.45, 2.75) is 31.7 Å². The van der Waals surface area contributed by atoms with E-state index in [1.54, 1.807) is 49.4 Å². The van der Waals surface area contributed by atoms with Crippen molar-refractivity contribution in [2.75, 3.05) is 6.61 Å². The van der Waals surface area contributed by atoms with Crippen LogP contribution in [-0.4, -0.2) is 34.8 Å². The molecule has 0 saturated carbocycles. The third kappa shape index (κ3) is 4.36. The van der Waals surface area contributed by atoms with Crippen LogP contribution in [0.15, 0.2) is 52.9 Å². The summed E-state index contributed by atoms with van der Waals surface area (Å²) in [6.07, 6.45) is -6.61. The lowest BCUT2D eigenvalue weighted by atomic mass is 10.00. The number of rotatable bonds is 7. The van der Waals surface area contributed by atoms with Crippen molar-refractivity contribution in [2.24, 2.45) is 0 Å². The van der Waals surface area contributed by atoms with Gasteiger partial charge in [-0.1, -0.05) is 30.3 Å². The second-order valence-corrected chi connectivity index (χ2v) is 8.34. The highest BCUT2D eigenvalue weighted by Crippen LogP contribution is 2.44. The Labute approximate surface area is 194 Å². The number of carbonyl (C=O) groups excluding carboxylic acids is 2. The zero-order valence-corrected chi connectivity index (χ0v) is 18.5. The van der Waals surface area contributed by atoms with Gasteiger partial charge in [0, 0.05) is 5.39 Å². The van der Waals surface area contributed by atoms with Gasteiger partial charge in [-0.25, -0.2) is 9.78 Å². The summed E-state index contributed by atoms with van der Waals surface area (Å²) in [4.78, 5) is 28.6. The predicted octanol–water partition coefficient (Wildman–Crippen LogP) is 5.10. The maximum atomic E-state index is 13.9. The van der Waals surface area contributed by atoms with Crippen molar-refractivity contribution in [1.82, 2.24) is 4.98 Å². The smallest absolute Gasteiger partial charge is 0.424 e. The van der Waals surface area contributed by atoms with E-state index in [9.17, 15) is 27.9 Å². The topological polar surface area (TPSA) is 98.9 Å². The van der Waals surface area contributed by atoms with Crippen LogP contribution in [0.4, 0.5) is 13.2 Å². The number of thiazole rings is 1. The zero-order chi connectivity index (χ0) is 24.5. The summed E-state index contributed by atoms with van der Waals surface area (Å²) in [5.41, 5.74) is -2.81. The van der Waals surface area contributed by atoms with Crippen LogP contribution in [0.5, 0.6) is 0 Å². The third-order valence-electron chi connectivity index (χ3n) is 5.05. The molecular formula is C23H18F3NO6S. The Morgan fingerprint density at radius 1 is 1.09 bits per heavy atom. The highest BCUT2D eigenvalue weighted by molar-refractivity contribution is 7.18. The highest BCUT2D eigenvalue weighted by Gasteiger charge is 2.58. The number of carbonyl (C=O) groups is 2. The number of ether oxygens (including phenoxy) is 2. The number of nitrogens with zero attached hydrogens (tertiary/aromatic N) is 1. The van der Waals surface area contributed by atoms with Crippen LogP contribution in [0, 0.1) is 0 Å². The SMILES string of the molecule is CCOC(=O)c1oc2ccccc2c1COC(=O)C[C@@](O)(c1nc2ccccc2s1)C(F)(F)F. The average molecular weight is 493 g/mol. The molecule has 0 saturated heterocycles. The maximum absolute atomic E-state index is 13.9. The highest BCUT2D eigenvalue weighted by atomic mass is 32.1. The molecule has 0 aliphatic carbocycles. The van der Waals surface area contributed by atoms with Crippen molar-refractivity contribution in [3.05, 3.63) is 64.9 Å². The van der Waals surface area contributed by atoms with Gasteiger partial charge in [0.1, 0.15) is 17.2 Å². The molecule has 2 aromatic carbocycles. The standard InChI is InChI=1S/C23H18F3NO6S/c1-2-31-20(29)19-14(13-7-3-5-9-16(13)33-19)12-32-18(28)11-22(30,23(24,25)26)21-27-15-8-4-6-10-17(15)34-21/h3-10,30H,2,11-12H2,1H3/t22-/m1/s1. The summed E-state index contributed by atoms with van der Waals surface area (Å²) in [7, 11) is 0. The number of fused-ring (bicyclic) bond motifs is 2. The number of hydrogen-bond acceptors (Lipinski definition) is 8. The van der Waals surface area contributed by atoms with E-state index in [0.717, 1.165) is 0 Å². The fourth-order valence-corrected chi connectivity index (χ4v) is 4.44. The Bertz CT molecular complexity index is 1330. The van der Waals surface area contributed by atoms with Gasteiger partial charge >= 0.3 is 18.1 Å². The summed E-state index contributed by atoms with van der Waals surface area (Å²) >= 11 is 0.638. The molecule has 0 bridgehead atoms. The summed E-state index contributed by atoms with van der Waals surface area (Å²) in [6.45, 7) is 1.11. The van der Waals surface area contributed by atoms with Crippen molar-refractivity contribution in [3.8, 4) is 0 Å². The number of para-hydroxylation sites is 2. The van der Waals surface area contributed by atoms with E-state index in [2.05, 4.69) is 4.98 Å². The number of aromatic nitrogens is 1. The molecule has 2 aromatic heterocycles. The number of hydrogen-bond donors (Lipinski definition) is 1. The molecule has 4 rings (SSSR count). The number of benzene rings is 2. The van der Waals surface area contributed by atoms with Crippen molar-refractivity contribution in [1.29, 1.82) is 0 Å². The van der Waals surface area contributed by atoms with E-state index in [-0.39, 0.29) is 23.4 Å². The number of halogens is 3. The minimum Gasteiger partial charge on any atom is -0.461 e. The van der Waals surface area contributed by atoms with Crippen LogP contribution >= 0.6 is 11.3 Å². The molecule has 4 aromatic rings. The normalized spacial score (nSPS) is 13.7. The Hall–Kier alpha value is -3.44. The third-order valence-corrected chi connectivity index (χ3v) is 6.24. The van der Waals surface area contributed by atoms with Gasteiger partial charge in [0.25, 0.3) is 0 Å². The molecule has 0 unspecified atom stereocenters. The first kappa shape index (κ1) is 23.7. The van der Waals surface area contributed by atoms with E-state index in [1.807, 2.05) is 0 Å². The first-order valence-electron chi connectivity index (χ1n) is 10.1. The van der Waals surface area contributed by atoms with Crippen molar-refractivity contribution >= 4 is 44.5 Å². The van der Waals surface area contributed by atoms with Gasteiger partial charge in [0.05, 0.1) is 28.8 Å². The molecule has 1 atom stereocenters. The molecule has 2 heterocycles. The molecular weight excluding hydrogens is 475 g/mol. The zero-order valence-electron chi connectivity index (χ0n) is 17.7. The molecule has 0 amide bonds. The van der Waals surface area contributed by atoms with Crippen molar-refractivity contribution in [3.63, 3.8) is 0 Å². The van der Waals surface area contributed by atoms with E-state index < -0.39 is 41.8 Å². The lowest BCUT2D eigenvalue weighted by Crippen LogP contribution is -2.44. The molecule has 34 heavy (non-hydrogen) atoms. The number of aliphatic hydroxyl groups is 1. The van der Waals surface area contributed by atoms with Crippen LogP contribution < -0.4 is 0 Å². The van der Waals surface area contributed by atoms with Crippen LogP contribution in [0.25, 0.3) is 21.2 Å². The monoisotopic (exact) mass is 493 g/mol. The largest absolute Gasteiger partial charge is 0.461 e. The second kappa shape index (κ2) is 9.07. The van der Waals surface area contributed by atoms with E-state index in [1.165, 1.54) is 6.07 Å². The summed E-state index contributed by atoms with van der Waals surface area (Å²) in [6, 6.07) is 12.8. The minimum absolute atomic E-state index is 0.0654. The lowest BCUT2D eigenvalue weighted by Gasteiger charge is -2.27. The summed E-state index contributed by atoms with van der Waals surface area (Å²) < 4.78 is 57.6. The van der Waals surface area contributed by atoms with Gasteiger partial charge in [0.2, 0.25) is 11.4 Å². The van der Waals surface area contributed by atoms with Crippen LogP contribution in [0.2, 0.25) is 0 Å². The van der Waals surface area contributed by atoms with Gasteiger partial charge < -0.3 is 19.0 Å². The number of furan rings is 1. The quantitative estimate of drug-likeness (QED) is 0.358. The van der Waals surface area contributed by atoms with Gasteiger partial charge in [-0.05, 0) is 25.1 Å². The molecule has 0 aliphatic heterocycles. The van der Waals surface area contributed by atoms with Crippen LogP contribution in [0.1, 0.15) is 34.5 Å². The van der Waals surface area contributed by atoms with Crippen LogP contribution in [0.3, 0.4) is 0 Å². The molecule has 0 fully saturated rings. The average Bonchev–Trinajstić information content (AvgIpc) is 3.39. The van der Waals surface area contributed by atoms with E-state index in [0.29, 0.717) is 27.0 Å². The van der Waals surface area contributed by atoms with Crippen LogP contribution in [-0.2, 0) is 26.5 Å². The molecule has 1 N–H and O–H groups in total. The summed E-state index contributed by atoms with van der Waals surface area (Å²) in [5.74, 6) is -2.35. The van der Waals surface area contributed by atoms with E-state index in [4.69, 9.17) is 13.9 Å². The number of alkyl halides is 3. The Balaban J connectivity index is 1.59. The maximum Gasteiger partial charge on any atom is 0.424 e. The van der Waals surface area contributed by atoms with Crippen molar-refractivity contribution < 1.29 is 41.8 Å². The Morgan fingerprint density at radius 2 is 1.79 bits per heavy atom. The molecule has 0 radical (unpaired) electrons. The lowest BCUT2D eigenvalue weighted by molar-refractivity contribution is -0.269. The Kier molecular flexibility index (Phi) is 6.32.